The van der Waals surface area contributed by atoms with Crippen LogP contribution in [-0.2, 0) is 21.3 Å². The summed E-state index contributed by atoms with van der Waals surface area (Å²) in [6.45, 7) is 3.42. The Kier molecular flexibility index (Phi) is 8.34. The lowest BCUT2D eigenvalue weighted by molar-refractivity contribution is 0.0743. The van der Waals surface area contributed by atoms with Gasteiger partial charge in [0.1, 0.15) is 0 Å². The van der Waals surface area contributed by atoms with Gasteiger partial charge in [-0.25, -0.2) is 13.1 Å². The Labute approximate surface area is 172 Å². The van der Waals surface area contributed by atoms with E-state index in [1.165, 1.54) is 31.4 Å². The molecule has 7 nitrogen and oxygen atoms in total. The second-order valence-corrected chi connectivity index (χ2v) is 8.22. The summed E-state index contributed by atoms with van der Waals surface area (Å²) in [6.07, 6.45) is 0.790. The van der Waals surface area contributed by atoms with Crippen LogP contribution in [0.5, 0.6) is 0 Å². The first-order valence-corrected chi connectivity index (χ1v) is 10.8. The van der Waals surface area contributed by atoms with Gasteiger partial charge in [0.25, 0.3) is 5.91 Å². The van der Waals surface area contributed by atoms with E-state index >= 15 is 0 Å². The second-order valence-electron chi connectivity index (χ2n) is 6.45. The number of rotatable bonds is 10. The van der Waals surface area contributed by atoms with Crippen LogP contribution in [0.15, 0.2) is 53.4 Å². The number of benzene rings is 2. The first-order valence-electron chi connectivity index (χ1n) is 9.28. The molecule has 0 aliphatic rings. The number of nitrogens with zero attached hydrogens (tertiary/aromatic N) is 2. The molecule has 0 aliphatic heterocycles. The fraction of sp³-hybridized carbons (Fsp3) is 0.333. The minimum Gasteiger partial charge on any atom is -0.383 e. The number of amides is 1. The molecule has 8 heteroatoms. The van der Waals surface area contributed by atoms with E-state index < -0.39 is 10.0 Å². The minimum atomic E-state index is -3.64. The molecule has 29 heavy (non-hydrogen) atoms. The number of methoxy groups -OCH3 is 1. The Balaban J connectivity index is 2.13. The van der Waals surface area contributed by atoms with E-state index in [1.807, 2.05) is 19.1 Å². The van der Waals surface area contributed by atoms with Crippen molar-refractivity contribution in [2.75, 3.05) is 26.8 Å². The van der Waals surface area contributed by atoms with Gasteiger partial charge >= 0.3 is 0 Å². The highest BCUT2D eigenvalue weighted by molar-refractivity contribution is 7.89. The number of ether oxygens (including phenoxy) is 1. The number of carbonyl (C=O) groups excluding carboxylic acids is 1. The maximum atomic E-state index is 12.9. The number of hydrogen-bond donors (Lipinski definition) is 1. The summed E-state index contributed by atoms with van der Waals surface area (Å²) < 4.78 is 31.7. The van der Waals surface area contributed by atoms with Crippen LogP contribution < -0.4 is 4.72 Å². The highest BCUT2D eigenvalue weighted by Gasteiger charge is 2.18. The predicted octanol–water partition coefficient (Wildman–Crippen LogP) is 2.54. The third-order valence-corrected chi connectivity index (χ3v) is 5.72. The molecule has 0 aliphatic carbocycles. The highest BCUT2D eigenvalue weighted by atomic mass is 32.2. The third-order valence-electron chi connectivity index (χ3n) is 4.25. The van der Waals surface area contributed by atoms with Gasteiger partial charge in [0, 0.05) is 32.3 Å². The van der Waals surface area contributed by atoms with Crippen LogP contribution in [0.1, 0.15) is 34.8 Å². The molecule has 0 fully saturated rings. The molecule has 1 amide bonds. The van der Waals surface area contributed by atoms with E-state index in [4.69, 9.17) is 10.00 Å². The lowest BCUT2D eigenvalue weighted by Crippen LogP contribution is -2.31. The molecule has 154 valence electrons. The van der Waals surface area contributed by atoms with Crippen LogP contribution in [0.25, 0.3) is 0 Å². The molecule has 0 saturated heterocycles. The van der Waals surface area contributed by atoms with E-state index in [-0.39, 0.29) is 24.0 Å². The SMILES string of the molecule is CCCN(Cc1ccc(C#N)cc1)C(=O)c1ccc(S(=O)(=O)NCCOC)cc1. The monoisotopic (exact) mass is 415 g/mol. The largest absolute Gasteiger partial charge is 0.383 e. The van der Waals surface area contributed by atoms with Crippen molar-refractivity contribution in [3.8, 4) is 6.07 Å². The van der Waals surface area contributed by atoms with E-state index in [2.05, 4.69) is 10.8 Å². The van der Waals surface area contributed by atoms with Crippen molar-refractivity contribution in [1.29, 1.82) is 5.26 Å². The van der Waals surface area contributed by atoms with Crippen LogP contribution in [0, 0.1) is 11.3 Å². The van der Waals surface area contributed by atoms with Crippen LogP contribution in [0.2, 0.25) is 0 Å². The van der Waals surface area contributed by atoms with Gasteiger partial charge in [0.15, 0.2) is 0 Å². The van der Waals surface area contributed by atoms with Gasteiger partial charge in [0.2, 0.25) is 10.0 Å². The number of sulfonamides is 1. The molecule has 2 aromatic carbocycles. The zero-order valence-corrected chi connectivity index (χ0v) is 17.4. The molecule has 0 unspecified atom stereocenters. The number of carbonyl (C=O) groups is 1. The smallest absolute Gasteiger partial charge is 0.254 e. The first kappa shape index (κ1) is 22.6. The maximum Gasteiger partial charge on any atom is 0.254 e. The molecule has 0 atom stereocenters. The maximum absolute atomic E-state index is 12.9. The summed E-state index contributed by atoms with van der Waals surface area (Å²) in [7, 11) is -2.15. The van der Waals surface area contributed by atoms with Gasteiger partial charge in [-0.2, -0.15) is 5.26 Å². The summed E-state index contributed by atoms with van der Waals surface area (Å²) in [4.78, 5) is 14.7. The van der Waals surface area contributed by atoms with Gasteiger partial charge in [-0.1, -0.05) is 19.1 Å². The zero-order chi connectivity index (χ0) is 21.3. The van der Waals surface area contributed by atoms with Crippen molar-refractivity contribution >= 4 is 15.9 Å². The predicted molar refractivity (Wildman–Crippen MR) is 110 cm³/mol. The van der Waals surface area contributed by atoms with Gasteiger partial charge in [-0.15, -0.1) is 0 Å². The van der Waals surface area contributed by atoms with Crippen LogP contribution in [0.3, 0.4) is 0 Å². The standard InChI is InChI=1S/C21H25N3O4S/c1-3-13-24(16-18-6-4-17(15-22)5-7-18)21(25)19-8-10-20(11-9-19)29(26,27)23-12-14-28-2/h4-11,23H,3,12-14,16H2,1-2H3. The van der Waals surface area contributed by atoms with Crippen LogP contribution in [0.4, 0.5) is 0 Å². The van der Waals surface area contributed by atoms with Crippen molar-refractivity contribution in [3.63, 3.8) is 0 Å². The second kappa shape index (κ2) is 10.7. The van der Waals surface area contributed by atoms with Crippen LogP contribution >= 0.6 is 0 Å². The van der Waals surface area contributed by atoms with Crippen LogP contribution in [-0.4, -0.2) is 46.0 Å². The van der Waals surface area contributed by atoms with E-state index in [9.17, 15) is 13.2 Å². The molecule has 0 spiro atoms. The number of nitriles is 1. The van der Waals surface area contributed by atoms with E-state index in [1.54, 1.807) is 17.0 Å². The topological polar surface area (TPSA) is 99.5 Å². The molecule has 0 bridgehead atoms. The molecule has 0 aromatic heterocycles. The Bertz CT molecular complexity index is 949. The fourth-order valence-corrected chi connectivity index (χ4v) is 3.76. The molecular formula is C21H25N3O4S. The Morgan fingerprint density at radius 2 is 1.79 bits per heavy atom. The van der Waals surface area contributed by atoms with Gasteiger partial charge < -0.3 is 9.64 Å². The summed E-state index contributed by atoms with van der Waals surface area (Å²) in [6, 6.07) is 15.1. The molecule has 0 saturated carbocycles. The van der Waals surface area contributed by atoms with Crippen molar-refractivity contribution in [2.24, 2.45) is 0 Å². The van der Waals surface area contributed by atoms with Gasteiger partial charge in [0.05, 0.1) is 23.1 Å². The van der Waals surface area contributed by atoms with Crippen molar-refractivity contribution in [2.45, 2.75) is 24.8 Å². The summed E-state index contributed by atoms with van der Waals surface area (Å²) in [5, 5.41) is 8.90. The average Bonchev–Trinajstić information content (AvgIpc) is 2.73. The molecule has 0 radical (unpaired) electrons. The third kappa shape index (κ3) is 6.39. The zero-order valence-electron chi connectivity index (χ0n) is 16.6. The quantitative estimate of drug-likeness (QED) is 0.601. The van der Waals surface area contributed by atoms with Gasteiger partial charge in [-0.3, -0.25) is 4.79 Å². The minimum absolute atomic E-state index is 0.0966. The summed E-state index contributed by atoms with van der Waals surface area (Å²) in [5.74, 6) is -0.174. The molecular weight excluding hydrogens is 390 g/mol. The Morgan fingerprint density at radius 1 is 1.14 bits per heavy atom. The normalized spacial score (nSPS) is 11.1. The fourth-order valence-electron chi connectivity index (χ4n) is 2.75. The van der Waals surface area contributed by atoms with Crippen molar-refractivity contribution in [1.82, 2.24) is 9.62 Å². The number of hydrogen-bond acceptors (Lipinski definition) is 5. The Hall–Kier alpha value is -2.73. The lowest BCUT2D eigenvalue weighted by Gasteiger charge is -2.22. The van der Waals surface area contributed by atoms with E-state index in [0.717, 1.165) is 12.0 Å². The lowest BCUT2D eigenvalue weighted by atomic mass is 10.1. The van der Waals surface area contributed by atoms with E-state index in [0.29, 0.717) is 24.2 Å². The highest BCUT2D eigenvalue weighted by Crippen LogP contribution is 2.15. The molecule has 2 aromatic rings. The number of nitrogens with one attached hydrogen (secondary N) is 1. The van der Waals surface area contributed by atoms with Gasteiger partial charge in [-0.05, 0) is 48.4 Å². The first-order chi connectivity index (χ1) is 13.9. The summed E-state index contributed by atoms with van der Waals surface area (Å²) in [5.41, 5.74) is 1.91. The molecule has 0 heterocycles. The average molecular weight is 416 g/mol. The van der Waals surface area contributed by atoms with Crippen molar-refractivity contribution in [3.05, 3.63) is 65.2 Å². The van der Waals surface area contributed by atoms with Crippen molar-refractivity contribution < 1.29 is 17.9 Å². The molecule has 2 rings (SSSR count). The summed E-state index contributed by atoms with van der Waals surface area (Å²) >= 11 is 0. The Morgan fingerprint density at radius 3 is 2.34 bits per heavy atom. The molecule has 1 N–H and O–H groups in total.